The monoisotopic (exact) mass is 200 g/mol. The van der Waals surface area contributed by atoms with Crippen LogP contribution < -0.4 is 0 Å². The molecule has 4 atom stereocenters. The summed E-state index contributed by atoms with van der Waals surface area (Å²) in [7, 11) is 0. The molecule has 2 fully saturated rings. The zero-order valence-electron chi connectivity index (χ0n) is 8.31. The lowest BCUT2D eigenvalue weighted by molar-refractivity contribution is -0.141. The third kappa shape index (κ3) is 1.91. The summed E-state index contributed by atoms with van der Waals surface area (Å²) in [6.07, 6.45) is 1.91. The molecule has 2 rings (SSSR count). The zero-order chi connectivity index (χ0) is 10.1. The Bertz CT molecular complexity index is 226. The van der Waals surface area contributed by atoms with Crippen molar-refractivity contribution < 1.29 is 19.4 Å². The van der Waals surface area contributed by atoms with Gasteiger partial charge in [-0.05, 0) is 25.7 Å². The van der Waals surface area contributed by atoms with Gasteiger partial charge in [0.05, 0.1) is 13.0 Å². The van der Waals surface area contributed by atoms with Crippen LogP contribution in [-0.4, -0.2) is 30.1 Å². The predicted octanol–water partition coefficient (Wildman–Crippen LogP) is 0.683. The summed E-state index contributed by atoms with van der Waals surface area (Å²) in [6.45, 7) is 2.14. The van der Waals surface area contributed by atoms with Crippen LogP contribution in [0.1, 0.15) is 26.2 Å². The van der Waals surface area contributed by atoms with Crippen LogP contribution in [0.15, 0.2) is 0 Å². The average Bonchev–Trinajstić information content (AvgIpc) is 2.60. The van der Waals surface area contributed by atoms with Crippen molar-refractivity contribution in [3.8, 4) is 0 Å². The number of esters is 1. The van der Waals surface area contributed by atoms with Crippen LogP contribution in [0.3, 0.4) is 0 Å². The lowest BCUT2D eigenvalue weighted by atomic mass is 9.94. The highest BCUT2D eigenvalue weighted by atomic mass is 16.6. The summed E-state index contributed by atoms with van der Waals surface area (Å²) in [5, 5.41) is 8.98. The fraction of sp³-hybridized carbons (Fsp3) is 0.900. The topological polar surface area (TPSA) is 55.8 Å². The minimum absolute atomic E-state index is 0.0817. The molecular formula is C10H16O4. The Kier molecular flexibility index (Phi) is 2.74. The molecule has 2 aliphatic rings. The second kappa shape index (κ2) is 3.87. The molecule has 2 unspecified atom stereocenters. The van der Waals surface area contributed by atoms with E-state index in [0.717, 1.165) is 12.8 Å². The summed E-state index contributed by atoms with van der Waals surface area (Å²) < 4.78 is 10.3. The molecule has 0 aromatic carbocycles. The van der Waals surface area contributed by atoms with Gasteiger partial charge in [0.15, 0.2) is 6.29 Å². The first-order valence-corrected chi connectivity index (χ1v) is 5.16. The van der Waals surface area contributed by atoms with E-state index in [1.807, 2.05) is 0 Å². The minimum atomic E-state index is -0.716. The normalized spacial score (nSPS) is 38.1. The molecule has 1 aliphatic carbocycles. The van der Waals surface area contributed by atoms with Crippen molar-refractivity contribution in [1.82, 2.24) is 0 Å². The van der Waals surface area contributed by atoms with Crippen molar-refractivity contribution in [2.24, 2.45) is 11.8 Å². The Labute approximate surface area is 83.2 Å². The third-order valence-corrected chi connectivity index (χ3v) is 3.14. The molecule has 0 radical (unpaired) electrons. The number of hydrogen-bond donors (Lipinski definition) is 1. The first-order chi connectivity index (χ1) is 6.66. The van der Waals surface area contributed by atoms with Crippen molar-refractivity contribution in [3.63, 3.8) is 0 Å². The molecule has 1 saturated heterocycles. The average molecular weight is 200 g/mol. The van der Waals surface area contributed by atoms with Crippen molar-refractivity contribution in [2.75, 3.05) is 6.61 Å². The standard InChI is InChI=1S/C10H16O4/c1-6(11)13-5-7-2-3-9-8(7)4-10(12)14-9/h6-9,11H,2-5H2,1H3/t6?,7?,8-,9+/m0/s1. The SMILES string of the molecule is CC(O)OCC1CC[C@H]2OC(=O)C[C@@H]12. The van der Waals surface area contributed by atoms with E-state index in [9.17, 15) is 4.79 Å². The maximum Gasteiger partial charge on any atom is 0.306 e. The van der Waals surface area contributed by atoms with E-state index in [0.29, 0.717) is 24.9 Å². The van der Waals surface area contributed by atoms with E-state index >= 15 is 0 Å². The van der Waals surface area contributed by atoms with E-state index in [1.165, 1.54) is 0 Å². The Balaban J connectivity index is 1.86. The number of ether oxygens (including phenoxy) is 2. The van der Waals surface area contributed by atoms with E-state index in [-0.39, 0.29) is 12.1 Å². The Hall–Kier alpha value is -0.610. The highest BCUT2D eigenvalue weighted by molar-refractivity contribution is 5.72. The van der Waals surface area contributed by atoms with Crippen LogP contribution in [0.5, 0.6) is 0 Å². The van der Waals surface area contributed by atoms with Gasteiger partial charge in [-0.25, -0.2) is 0 Å². The highest BCUT2D eigenvalue weighted by Crippen LogP contribution is 2.41. The number of carbonyl (C=O) groups is 1. The van der Waals surface area contributed by atoms with Gasteiger partial charge in [0.1, 0.15) is 6.10 Å². The maximum atomic E-state index is 11.0. The van der Waals surface area contributed by atoms with Gasteiger partial charge in [0.25, 0.3) is 0 Å². The summed E-state index contributed by atoms with van der Waals surface area (Å²) in [5.41, 5.74) is 0. The summed E-state index contributed by atoms with van der Waals surface area (Å²) in [4.78, 5) is 11.0. The van der Waals surface area contributed by atoms with Gasteiger partial charge in [-0.3, -0.25) is 4.79 Å². The molecule has 0 aromatic heterocycles. The number of rotatable bonds is 3. The molecule has 4 heteroatoms. The largest absolute Gasteiger partial charge is 0.462 e. The predicted molar refractivity (Wildman–Crippen MR) is 48.3 cm³/mol. The molecule has 1 N–H and O–H groups in total. The first-order valence-electron chi connectivity index (χ1n) is 5.16. The fourth-order valence-corrected chi connectivity index (χ4v) is 2.43. The lowest BCUT2D eigenvalue weighted by Crippen LogP contribution is -2.21. The molecule has 1 saturated carbocycles. The van der Waals surface area contributed by atoms with Gasteiger partial charge in [0.2, 0.25) is 0 Å². The van der Waals surface area contributed by atoms with Crippen LogP contribution in [0.2, 0.25) is 0 Å². The van der Waals surface area contributed by atoms with Crippen molar-refractivity contribution in [2.45, 2.75) is 38.6 Å². The molecular weight excluding hydrogens is 184 g/mol. The Morgan fingerprint density at radius 1 is 1.64 bits per heavy atom. The van der Waals surface area contributed by atoms with E-state index in [4.69, 9.17) is 14.6 Å². The van der Waals surface area contributed by atoms with Crippen LogP contribution >= 0.6 is 0 Å². The van der Waals surface area contributed by atoms with Gasteiger partial charge in [-0.15, -0.1) is 0 Å². The maximum absolute atomic E-state index is 11.0. The number of aliphatic hydroxyl groups excluding tert-OH is 1. The van der Waals surface area contributed by atoms with Gasteiger partial charge in [0, 0.05) is 5.92 Å². The second-order valence-corrected chi connectivity index (χ2v) is 4.17. The van der Waals surface area contributed by atoms with Gasteiger partial charge in [-0.1, -0.05) is 0 Å². The smallest absolute Gasteiger partial charge is 0.306 e. The highest BCUT2D eigenvalue weighted by Gasteiger charge is 2.44. The van der Waals surface area contributed by atoms with Gasteiger partial charge >= 0.3 is 5.97 Å². The molecule has 4 nitrogen and oxygen atoms in total. The molecule has 80 valence electrons. The Morgan fingerprint density at radius 2 is 2.43 bits per heavy atom. The first kappa shape index (κ1) is 9.93. The minimum Gasteiger partial charge on any atom is -0.462 e. The second-order valence-electron chi connectivity index (χ2n) is 4.17. The van der Waals surface area contributed by atoms with Crippen molar-refractivity contribution in [3.05, 3.63) is 0 Å². The van der Waals surface area contributed by atoms with E-state index in [2.05, 4.69) is 0 Å². The third-order valence-electron chi connectivity index (χ3n) is 3.14. The number of fused-ring (bicyclic) bond motifs is 1. The van der Waals surface area contributed by atoms with Gasteiger partial charge in [-0.2, -0.15) is 0 Å². The van der Waals surface area contributed by atoms with E-state index in [1.54, 1.807) is 6.92 Å². The zero-order valence-corrected chi connectivity index (χ0v) is 8.31. The van der Waals surface area contributed by atoms with Crippen molar-refractivity contribution in [1.29, 1.82) is 0 Å². The Morgan fingerprint density at radius 3 is 3.14 bits per heavy atom. The molecule has 0 amide bonds. The fourth-order valence-electron chi connectivity index (χ4n) is 2.43. The number of carbonyl (C=O) groups excluding carboxylic acids is 1. The van der Waals surface area contributed by atoms with Gasteiger partial charge < -0.3 is 14.6 Å². The summed E-state index contributed by atoms with van der Waals surface area (Å²) in [5.74, 6) is 0.615. The molecule has 1 aliphatic heterocycles. The lowest BCUT2D eigenvalue weighted by Gasteiger charge is -2.17. The summed E-state index contributed by atoms with van der Waals surface area (Å²) >= 11 is 0. The summed E-state index contributed by atoms with van der Waals surface area (Å²) in [6, 6.07) is 0. The molecule has 0 spiro atoms. The number of hydrogen-bond acceptors (Lipinski definition) is 4. The van der Waals surface area contributed by atoms with Crippen molar-refractivity contribution >= 4 is 5.97 Å². The van der Waals surface area contributed by atoms with E-state index < -0.39 is 6.29 Å². The van der Waals surface area contributed by atoms with Crippen LogP contribution in [0, 0.1) is 11.8 Å². The molecule has 0 aromatic rings. The quantitative estimate of drug-likeness (QED) is 0.537. The molecule has 0 bridgehead atoms. The molecule has 14 heavy (non-hydrogen) atoms. The van der Waals surface area contributed by atoms with Crippen LogP contribution in [-0.2, 0) is 14.3 Å². The number of aliphatic hydroxyl groups is 1. The van der Waals surface area contributed by atoms with Crippen LogP contribution in [0.25, 0.3) is 0 Å². The molecule has 1 heterocycles. The van der Waals surface area contributed by atoms with Crippen LogP contribution in [0.4, 0.5) is 0 Å².